The van der Waals surface area contributed by atoms with E-state index in [1.54, 1.807) is 12.1 Å². The number of rotatable bonds is 7. The standard InChI is InChI=1S/C22H21N3O2/c1-3-5-10-21-23-20(4-2)24-25(21)15-16-11-13-17(14-12-16)18-8-6-7-9-19(18)22(26)27/h1,6-9,11-14H,4-5,10,15H2,2H3,(H,26,27). The van der Waals surface area contributed by atoms with Crippen molar-refractivity contribution in [2.45, 2.75) is 32.7 Å². The Morgan fingerprint density at radius 2 is 1.93 bits per heavy atom. The number of hydrogen-bond donors (Lipinski definition) is 1. The first-order valence-corrected chi connectivity index (χ1v) is 8.90. The minimum atomic E-state index is -0.928. The molecule has 0 saturated heterocycles. The zero-order valence-corrected chi connectivity index (χ0v) is 15.2. The maximum atomic E-state index is 11.4. The lowest BCUT2D eigenvalue weighted by Gasteiger charge is -2.09. The van der Waals surface area contributed by atoms with Gasteiger partial charge in [-0.15, -0.1) is 12.3 Å². The SMILES string of the molecule is C#CCCc1nc(CC)nn1Cc1ccc(-c2ccccc2C(=O)O)cc1. The summed E-state index contributed by atoms with van der Waals surface area (Å²) in [5.41, 5.74) is 2.95. The maximum Gasteiger partial charge on any atom is 0.336 e. The molecule has 0 atom stereocenters. The summed E-state index contributed by atoms with van der Waals surface area (Å²) in [6, 6.07) is 14.9. The largest absolute Gasteiger partial charge is 0.478 e. The van der Waals surface area contributed by atoms with E-state index in [9.17, 15) is 9.90 Å². The number of aromatic nitrogens is 3. The Hall–Kier alpha value is -3.39. The van der Waals surface area contributed by atoms with Crippen molar-refractivity contribution < 1.29 is 9.90 Å². The van der Waals surface area contributed by atoms with Crippen LogP contribution in [0.25, 0.3) is 11.1 Å². The van der Waals surface area contributed by atoms with Gasteiger partial charge in [0.25, 0.3) is 0 Å². The molecule has 0 unspecified atom stereocenters. The molecule has 0 bridgehead atoms. The van der Waals surface area contributed by atoms with E-state index in [1.807, 2.05) is 48.0 Å². The molecular formula is C22H21N3O2. The molecule has 27 heavy (non-hydrogen) atoms. The molecule has 0 aliphatic carbocycles. The molecule has 1 aromatic heterocycles. The Morgan fingerprint density at radius 3 is 2.59 bits per heavy atom. The second-order valence-electron chi connectivity index (χ2n) is 6.21. The van der Waals surface area contributed by atoms with Crippen LogP contribution in [0.2, 0.25) is 0 Å². The van der Waals surface area contributed by atoms with Crippen LogP contribution < -0.4 is 0 Å². The van der Waals surface area contributed by atoms with Crippen molar-refractivity contribution in [3.8, 4) is 23.5 Å². The van der Waals surface area contributed by atoms with Gasteiger partial charge < -0.3 is 5.11 Å². The highest BCUT2D eigenvalue weighted by Gasteiger charge is 2.12. The van der Waals surface area contributed by atoms with Crippen molar-refractivity contribution in [2.75, 3.05) is 0 Å². The van der Waals surface area contributed by atoms with Gasteiger partial charge in [-0.3, -0.25) is 0 Å². The molecule has 3 aromatic rings. The molecule has 3 rings (SSSR count). The van der Waals surface area contributed by atoms with Crippen LogP contribution in [0.3, 0.4) is 0 Å². The summed E-state index contributed by atoms with van der Waals surface area (Å²) in [7, 11) is 0. The van der Waals surface area contributed by atoms with Gasteiger partial charge in [0.2, 0.25) is 0 Å². The third kappa shape index (κ3) is 4.24. The fraction of sp³-hybridized carbons (Fsp3) is 0.227. The highest BCUT2D eigenvalue weighted by atomic mass is 16.4. The number of aryl methyl sites for hydroxylation is 2. The van der Waals surface area contributed by atoms with Gasteiger partial charge in [-0.1, -0.05) is 49.4 Å². The van der Waals surface area contributed by atoms with Crippen LogP contribution in [0.1, 0.15) is 40.9 Å². The van der Waals surface area contributed by atoms with E-state index in [0.717, 1.165) is 29.2 Å². The summed E-state index contributed by atoms with van der Waals surface area (Å²) in [6.45, 7) is 2.63. The van der Waals surface area contributed by atoms with E-state index >= 15 is 0 Å². The van der Waals surface area contributed by atoms with Gasteiger partial charge in [0.1, 0.15) is 5.82 Å². The lowest BCUT2D eigenvalue weighted by atomic mass is 9.99. The van der Waals surface area contributed by atoms with Gasteiger partial charge in [-0.25, -0.2) is 14.5 Å². The number of nitrogens with zero attached hydrogens (tertiary/aromatic N) is 3. The van der Waals surface area contributed by atoms with Crippen LogP contribution in [0.15, 0.2) is 48.5 Å². The predicted molar refractivity (Wildman–Crippen MR) is 104 cm³/mol. The number of carbonyl (C=O) groups is 1. The second kappa shape index (κ2) is 8.33. The highest BCUT2D eigenvalue weighted by molar-refractivity contribution is 5.95. The van der Waals surface area contributed by atoms with Crippen molar-refractivity contribution in [1.82, 2.24) is 14.8 Å². The first-order valence-electron chi connectivity index (χ1n) is 8.90. The van der Waals surface area contributed by atoms with Crippen LogP contribution in [-0.4, -0.2) is 25.8 Å². The summed E-state index contributed by atoms with van der Waals surface area (Å²) in [6.07, 6.45) is 7.49. The van der Waals surface area contributed by atoms with Crippen molar-refractivity contribution >= 4 is 5.97 Å². The van der Waals surface area contributed by atoms with Gasteiger partial charge in [0, 0.05) is 19.3 Å². The average molecular weight is 359 g/mol. The molecule has 2 aromatic carbocycles. The highest BCUT2D eigenvalue weighted by Crippen LogP contribution is 2.24. The Kier molecular flexibility index (Phi) is 5.68. The monoisotopic (exact) mass is 359 g/mol. The number of terminal acetylenes is 1. The van der Waals surface area contributed by atoms with Crippen LogP contribution in [0.5, 0.6) is 0 Å². The fourth-order valence-electron chi connectivity index (χ4n) is 2.96. The summed E-state index contributed by atoms with van der Waals surface area (Å²) in [5, 5.41) is 13.9. The van der Waals surface area contributed by atoms with Crippen molar-refractivity contribution in [1.29, 1.82) is 0 Å². The minimum Gasteiger partial charge on any atom is -0.478 e. The van der Waals surface area contributed by atoms with Gasteiger partial charge in [0.15, 0.2) is 5.82 Å². The zero-order chi connectivity index (χ0) is 19.2. The fourth-order valence-corrected chi connectivity index (χ4v) is 2.96. The molecule has 5 nitrogen and oxygen atoms in total. The lowest BCUT2D eigenvalue weighted by Crippen LogP contribution is -2.07. The van der Waals surface area contributed by atoms with E-state index in [4.69, 9.17) is 6.42 Å². The average Bonchev–Trinajstić information content (AvgIpc) is 3.08. The normalized spacial score (nSPS) is 10.5. The predicted octanol–water partition coefficient (Wildman–Crippen LogP) is 3.82. The summed E-state index contributed by atoms with van der Waals surface area (Å²) in [4.78, 5) is 16.0. The Morgan fingerprint density at radius 1 is 1.19 bits per heavy atom. The number of benzene rings is 2. The van der Waals surface area contributed by atoms with Gasteiger partial charge in [-0.2, -0.15) is 5.10 Å². The van der Waals surface area contributed by atoms with E-state index in [1.165, 1.54) is 0 Å². The van der Waals surface area contributed by atoms with Crippen LogP contribution in [0, 0.1) is 12.3 Å². The Bertz CT molecular complexity index is 982. The van der Waals surface area contributed by atoms with Gasteiger partial charge in [-0.05, 0) is 22.8 Å². The molecule has 0 fully saturated rings. The number of carboxylic acids is 1. The van der Waals surface area contributed by atoms with Crippen molar-refractivity contribution in [2.24, 2.45) is 0 Å². The number of carboxylic acid groups (broad SMARTS) is 1. The van der Waals surface area contributed by atoms with Crippen LogP contribution in [0.4, 0.5) is 0 Å². The molecule has 1 N–H and O–H groups in total. The summed E-state index contributed by atoms with van der Waals surface area (Å²) >= 11 is 0. The van der Waals surface area contributed by atoms with Crippen LogP contribution >= 0.6 is 0 Å². The molecule has 0 aliphatic heterocycles. The van der Waals surface area contributed by atoms with Gasteiger partial charge >= 0.3 is 5.97 Å². The topological polar surface area (TPSA) is 68.0 Å². The molecule has 0 saturated carbocycles. The van der Waals surface area contributed by atoms with Crippen molar-refractivity contribution in [3.63, 3.8) is 0 Å². The Labute approximate surface area is 158 Å². The molecular weight excluding hydrogens is 338 g/mol. The molecule has 5 heteroatoms. The quantitative estimate of drug-likeness (QED) is 0.651. The van der Waals surface area contributed by atoms with E-state index in [-0.39, 0.29) is 0 Å². The van der Waals surface area contributed by atoms with Crippen molar-refractivity contribution in [3.05, 3.63) is 71.3 Å². The van der Waals surface area contributed by atoms with Gasteiger partial charge in [0.05, 0.1) is 12.1 Å². The third-order valence-corrected chi connectivity index (χ3v) is 4.36. The molecule has 0 radical (unpaired) electrons. The molecule has 1 heterocycles. The molecule has 136 valence electrons. The first-order chi connectivity index (χ1) is 13.1. The number of aromatic carboxylic acids is 1. The number of hydrogen-bond acceptors (Lipinski definition) is 3. The molecule has 0 spiro atoms. The van der Waals surface area contributed by atoms with Crippen LogP contribution in [-0.2, 0) is 19.4 Å². The maximum absolute atomic E-state index is 11.4. The van der Waals surface area contributed by atoms with E-state index in [0.29, 0.717) is 30.5 Å². The second-order valence-corrected chi connectivity index (χ2v) is 6.21. The first kappa shape index (κ1) is 18.4. The molecule has 0 aliphatic rings. The zero-order valence-electron chi connectivity index (χ0n) is 15.2. The summed E-state index contributed by atoms with van der Waals surface area (Å²) in [5.74, 6) is 3.42. The summed E-state index contributed by atoms with van der Waals surface area (Å²) < 4.78 is 1.90. The van der Waals surface area contributed by atoms with E-state index < -0.39 is 5.97 Å². The molecule has 0 amide bonds. The Balaban J connectivity index is 1.84. The van der Waals surface area contributed by atoms with E-state index in [2.05, 4.69) is 16.0 Å². The minimum absolute atomic E-state index is 0.297. The third-order valence-electron chi connectivity index (χ3n) is 4.36. The lowest BCUT2D eigenvalue weighted by molar-refractivity contribution is 0.0697. The smallest absolute Gasteiger partial charge is 0.336 e.